The molecule has 0 bridgehead atoms. The molecular weight excluding hydrogens is 286 g/mol. The van der Waals surface area contributed by atoms with Crippen molar-refractivity contribution in [3.05, 3.63) is 52.7 Å². The lowest BCUT2D eigenvalue weighted by molar-refractivity contribution is -0.389. The lowest BCUT2D eigenvalue weighted by Gasteiger charge is -2.23. The van der Waals surface area contributed by atoms with Crippen LogP contribution in [0.2, 0.25) is 0 Å². The second kappa shape index (κ2) is 5.92. The smallest absolute Gasteiger partial charge is 0.358 e. The van der Waals surface area contributed by atoms with Crippen LogP contribution in [0.25, 0.3) is 0 Å². The predicted molar refractivity (Wildman–Crippen MR) is 77.1 cm³/mol. The molecule has 3 rings (SSSR count). The molecule has 1 aliphatic rings. The molecule has 0 saturated carbocycles. The first-order valence-electron chi connectivity index (χ1n) is 7.03. The van der Waals surface area contributed by atoms with Crippen LogP contribution in [0.4, 0.5) is 5.82 Å². The van der Waals surface area contributed by atoms with Crippen LogP contribution in [0.3, 0.4) is 0 Å². The number of nitrogens with zero attached hydrogens (tertiary/aromatic N) is 5. The highest BCUT2D eigenvalue weighted by Gasteiger charge is 2.30. The second-order valence-corrected chi connectivity index (χ2v) is 5.15. The summed E-state index contributed by atoms with van der Waals surface area (Å²) in [6.07, 6.45) is 7.80. The van der Waals surface area contributed by atoms with E-state index in [-0.39, 0.29) is 11.7 Å². The van der Waals surface area contributed by atoms with Gasteiger partial charge in [0.2, 0.25) is 12.2 Å². The van der Waals surface area contributed by atoms with Crippen LogP contribution in [0.15, 0.2) is 37.1 Å². The van der Waals surface area contributed by atoms with Crippen LogP contribution in [-0.2, 0) is 4.79 Å². The van der Waals surface area contributed by atoms with Gasteiger partial charge in [0.05, 0.1) is 0 Å². The van der Waals surface area contributed by atoms with E-state index in [0.29, 0.717) is 0 Å². The number of likely N-dealkylation sites (tertiary alicyclic amines) is 1. The van der Waals surface area contributed by atoms with Gasteiger partial charge in [0.25, 0.3) is 0 Å². The number of nitro groups is 1. The molecule has 0 radical (unpaired) electrons. The minimum atomic E-state index is -0.651. The maximum atomic E-state index is 12.8. The SMILES string of the molecule is O=C([C@H](c1ccncc1)n1cnc([N+](=O)[O-])c1)N1CCCC1. The highest BCUT2D eigenvalue weighted by Crippen LogP contribution is 2.24. The van der Waals surface area contributed by atoms with Gasteiger partial charge < -0.3 is 15.0 Å². The Hall–Kier alpha value is -2.77. The number of carbonyl (C=O) groups excluding carboxylic acids is 1. The number of hydrogen-bond donors (Lipinski definition) is 0. The van der Waals surface area contributed by atoms with Gasteiger partial charge in [-0.1, -0.05) is 0 Å². The monoisotopic (exact) mass is 301 g/mol. The Bertz CT molecular complexity index is 679. The van der Waals surface area contributed by atoms with E-state index < -0.39 is 11.0 Å². The fourth-order valence-corrected chi connectivity index (χ4v) is 2.66. The Labute approximate surface area is 126 Å². The number of amides is 1. The van der Waals surface area contributed by atoms with E-state index in [2.05, 4.69) is 9.97 Å². The maximum absolute atomic E-state index is 12.8. The Morgan fingerprint density at radius 3 is 2.55 bits per heavy atom. The molecule has 1 amide bonds. The van der Waals surface area contributed by atoms with Gasteiger partial charge >= 0.3 is 5.82 Å². The first-order chi connectivity index (χ1) is 10.7. The molecule has 8 nitrogen and oxygen atoms in total. The molecule has 1 saturated heterocycles. The average molecular weight is 301 g/mol. The Kier molecular flexibility index (Phi) is 3.82. The molecule has 1 fully saturated rings. The Morgan fingerprint density at radius 2 is 1.95 bits per heavy atom. The molecule has 0 spiro atoms. The lowest BCUT2D eigenvalue weighted by Crippen LogP contribution is -2.35. The van der Waals surface area contributed by atoms with Gasteiger partial charge in [-0.2, -0.15) is 0 Å². The topological polar surface area (TPSA) is 94.2 Å². The highest BCUT2D eigenvalue weighted by molar-refractivity contribution is 5.84. The first-order valence-corrected chi connectivity index (χ1v) is 7.03. The van der Waals surface area contributed by atoms with Crippen molar-refractivity contribution in [2.45, 2.75) is 18.9 Å². The van der Waals surface area contributed by atoms with Crippen molar-refractivity contribution in [2.24, 2.45) is 0 Å². The molecule has 114 valence electrons. The van der Waals surface area contributed by atoms with E-state index in [1.807, 2.05) is 0 Å². The van der Waals surface area contributed by atoms with Crippen molar-refractivity contribution in [1.82, 2.24) is 19.4 Å². The summed E-state index contributed by atoms with van der Waals surface area (Å²) in [6.45, 7) is 1.44. The number of pyridine rings is 1. The number of aromatic nitrogens is 3. The van der Waals surface area contributed by atoms with Crippen molar-refractivity contribution >= 4 is 11.7 Å². The van der Waals surface area contributed by atoms with Crippen molar-refractivity contribution in [3.63, 3.8) is 0 Å². The first kappa shape index (κ1) is 14.2. The molecule has 1 atom stereocenters. The molecule has 0 N–H and O–H groups in total. The maximum Gasteiger partial charge on any atom is 0.381 e. The standard InChI is InChI=1S/C14H15N5O3/c20-14(17-7-1-2-8-17)13(11-3-5-15-6-4-11)18-9-12(16-10-18)19(21)22/h3-6,9-10,13H,1-2,7-8H2/t13-/m0/s1. The van der Waals surface area contributed by atoms with E-state index >= 15 is 0 Å². The van der Waals surface area contributed by atoms with Crippen LogP contribution >= 0.6 is 0 Å². The molecule has 0 unspecified atom stereocenters. The third-order valence-electron chi connectivity index (χ3n) is 3.75. The summed E-state index contributed by atoms with van der Waals surface area (Å²) in [5.74, 6) is -0.343. The molecule has 0 aromatic carbocycles. The zero-order valence-electron chi connectivity index (χ0n) is 11.8. The highest BCUT2D eigenvalue weighted by atomic mass is 16.6. The van der Waals surface area contributed by atoms with Crippen molar-refractivity contribution in [3.8, 4) is 0 Å². The van der Waals surface area contributed by atoms with E-state index in [1.165, 1.54) is 17.1 Å². The zero-order chi connectivity index (χ0) is 15.5. The fraction of sp³-hybridized carbons (Fsp3) is 0.357. The van der Waals surface area contributed by atoms with Crippen LogP contribution in [0.1, 0.15) is 24.4 Å². The van der Waals surface area contributed by atoms with Crippen molar-refractivity contribution in [1.29, 1.82) is 0 Å². The van der Waals surface area contributed by atoms with Crippen molar-refractivity contribution < 1.29 is 9.72 Å². The molecular formula is C14H15N5O3. The molecule has 22 heavy (non-hydrogen) atoms. The predicted octanol–water partition coefficient (Wildman–Crippen LogP) is 1.40. The number of imidazole rings is 1. The summed E-state index contributed by atoms with van der Waals surface area (Å²) < 4.78 is 1.49. The third kappa shape index (κ3) is 2.67. The van der Waals surface area contributed by atoms with E-state index in [4.69, 9.17) is 0 Å². The average Bonchev–Trinajstić information content (AvgIpc) is 3.20. The van der Waals surface area contributed by atoms with Crippen LogP contribution in [0, 0.1) is 10.1 Å². The van der Waals surface area contributed by atoms with E-state index in [0.717, 1.165) is 31.5 Å². The van der Waals surface area contributed by atoms with Gasteiger partial charge in [0, 0.05) is 25.5 Å². The normalized spacial score (nSPS) is 15.7. The van der Waals surface area contributed by atoms with Gasteiger partial charge in [0.1, 0.15) is 12.2 Å². The fourth-order valence-electron chi connectivity index (χ4n) is 2.66. The van der Waals surface area contributed by atoms with E-state index in [1.54, 1.807) is 29.4 Å². The molecule has 3 heterocycles. The minimum Gasteiger partial charge on any atom is -0.358 e. The number of carbonyl (C=O) groups is 1. The molecule has 1 aliphatic heterocycles. The summed E-state index contributed by atoms with van der Waals surface area (Å²) in [6, 6.07) is 2.83. The second-order valence-electron chi connectivity index (χ2n) is 5.15. The summed E-state index contributed by atoms with van der Waals surface area (Å²) >= 11 is 0. The minimum absolute atomic E-state index is 0.0732. The van der Waals surface area contributed by atoms with Crippen molar-refractivity contribution in [2.75, 3.05) is 13.1 Å². The molecule has 8 heteroatoms. The summed E-state index contributed by atoms with van der Waals surface area (Å²) in [7, 11) is 0. The number of hydrogen-bond acceptors (Lipinski definition) is 5. The molecule has 0 aliphatic carbocycles. The largest absolute Gasteiger partial charge is 0.381 e. The van der Waals surface area contributed by atoms with Gasteiger partial charge in [-0.3, -0.25) is 14.3 Å². The zero-order valence-corrected chi connectivity index (χ0v) is 11.8. The van der Waals surface area contributed by atoms with Crippen LogP contribution < -0.4 is 0 Å². The summed E-state index contributed by atoms with van der Waals surface area (Å²) in [5, 5.41) is 10.8. The van der Waals surface area contributed by atoms with Gasteiger partial charge in [0.15, 0.2) is 0 Å². The quantitative estimate of drug-likeness (QED) is 0.628. The van der Waals surface area contributed by atoms with Gasteiger partial charge in [-0.25, -0.2) is 0 Å². The van der Waals surface area contributed by atoms with Gasteiger partial charge in [-0.15, -0.1) is 0 Å². The van der Waals surface area contributed by atoms with E-state index in [9.17, 15) is 14.9 Å². The molecule has 2 aromatic rings. The van der Waals surface area contributed by atoms with Crippen LogP contribution in [-0.4, -0.2) is 43.4 Å². The van der Waals surface area contributed by atoms with Crippen LogP contribution in [0.5, 0.6) is 0 Å². The Balaban J connectivity index is 1.98. The summed E-state index contributed by atoms with van der Waals surface area (Å²) in [5.41, 5.74) is 0.735. The Morgan fingerprint density at radius 1 is 1.27 bits per heavy atom. The van der Waals surface area contributed by atoms with Gasteiger partial charge in [-0.05, 0) is 40.4 Å². The summed E-state index contributed by atoms with van der Waals surface area (Å²) in [4.78, 5) is 32.6. The number of rotatable bonds is 4. The third-order valence-corrected chi connectivity index (χ3v) is 3.75. The lowest BCUT2D eigenvalue weighted by atomic mass is 10.1. The molecule has 2 aromatic heterocycles.